The molecule has 0 aliphatic carbocycles. The highest BCUT2D eigenvalue weighted by Crippen LogP contribution is 2.31. The Kier molecular flexibility index (Phi) is 4.51. The van der Waals surface area contributed by atoms with Gasteiger partial charge in [0, 0.05) is 28.5 Å². The first-order valence-corrected chi connectivity index (χ1v) is 7.97. The second-order valence-corrected chi connectivity index (χ2v) is 6.30. The predicted molar refractivity (Wildman–Crippen MR) is 83.9 cm³/mol. The van der Waals surface area contributed by atoms with Crippen LogP contribution in [0.15, 0.2) is 16.7 Å². The van der Waals surface area contributed by atoms with Crippen LogP contribution >= 0.6 is 27.5 Å². The summed E-state index contributed by atoms with van der Waals surface area (Å²) in [4.78, 5) is 9.27. The molecule has 104 valence electrons. The van der Waals surface area contributed by atoms with E-state index in [4.69, 9.17) is 16.6 Å². The molecule has 2 rings (SSSR count). The van der Waals surface area contributed by atoms with Crippen molar-refractivity contribution in [2.45, 2.75) is 45.6 Å². The number of aromatic nitrogens is 3. The van der Waals surface area contributed by atoms with Gasteiger partial charge in [-0.2, -0.15) is 0 Å². The maximum absolute atomic E-state index is 5.92. The fraction of sp³-hybridized carbons (Fsp3) is 0.571. The van der Waals surface area contributed by atoms with Crippen LogP contribution in [0.2, 0.25) is 0 Å². The standard InChI is InChI=1S/C14H19BrClN3/c1-4-14(3,5-2)19-12(6-7-16)18-11-8-10(15)9-17-13(11)19/h8-9H,4-7H2,1-3H3. The van der Waals surface area contributed by atoms with Gasteiger partial charge in [-0.15, -0.1) is 11.6 Å². The Balaban J connectivity index is 2.71. The van der Waals surface area contributed by atoms with Gasteiger partial charge in [0.05, 0.1) is 0 Å². The van der Waals surface area contributed by atoms with E-state index in [1.807, 2.05) is 12.3 Å². The third kappa shape index (κ3) is 2.65. The van der Waals surface area contributed by atoms with Gasteiger partial charge in [-0.1, -0.05) is 13.8 Å². The molecule has 2 heterocycles. The summed E-state index contributed by atoms with van der Waals surface area (Å²) in [6.07, 6.45) is 4.69. The zero-order valence-electron chi connectivity index (χ0n) is 11.6. The first kappa shape index (κ1) is 14.8. The maximum Gasteiger partial charge on any atom is 0.160 e. The Hall–Kier alpha value is -0.610. The van der Waals surface area contributed by atoms with Gasteiger partial charge in [0.15, 0.2) is 5.65 Å². The summed E-state index contributed by atoms with van der Waals surface area (Å²) < 4.78 is 3.23. The minimum Gasteiger partial charge on any atom is -0.307 e. The Labute approximate surface area is 127 Å². The lowest BCUT2D eigenvalue weighted by atomic mass is 9.95. The molecule has 0 saturated heterocycles. The molecule has 19 heavy (non-hydrogen) atoms. The molecule has 0 radical (unpaired) electrons. The van der Waals surface area contributed by atoms with Crippen LogP contribution in [0, 0.1) is 0 Å². The van der Waals surface area contributed by atoms with Crippen LogP contribution in [-0.4, -0.2) is 20.4 Å². The molecule has 2 aromatic heterocycles. The predicted octanol–water partition coefficient (Wildman–Crippen LogP) is 4.51. The number of halogens is 2. The second kappa shape index (κ2) is 5.80. The number of hydrogen-bond donors (Lipinski definition) is 0. The van der Waals surface area contributed by atoms with Crippen molar-refractivity contribution < 1.29 is 0 Å². The van der Waals surface area contributed by atoms with E-state index >= 15 is 0 Å². The average Bonchev–Trinajstić information content (AvgIpc) is 2.76. The number of hydrogen-bond acceptors (Lipinski definition) is 2. The number of imidazole rings is 1. The van der Waals surface area contributed by atoms with Crippen LogP contribution in [0.25, 0.3) is 11.2 Å². The summed E-state index contributed by atoms with van der Waals surface area (Å²) in [5, 5.41) is 0. The van der Waals surface area contributed by atoms with Crippen molar-refractivity contribution in [3.8, 4) is 0 Å². The largest absolute Gasteiger partial charge is 0.307 e. The third-order valence-electron chi connectivity index (χ3n) is 3.91. The summed E-state index contributed by atoms with van der Waals surface area (Å²) in [6, 6.07) is 2.02. The van der Waals surface area contributed by atoms with Crippen molar-refractivity contribution in [2.75, 3.05) is 5.88 Å². The smallest absolute Gasteiger partial charge is 0.160 e. The van der Waals surface area contributed by atoms with Gasteiger partial charge >= 0.3 is 0 Å². The van der Waals surface area contributed by atoms with E-state index in [-0.39, 0.29) is 5.54 Å². The normalized spacial score (nSPS) is 12.3. The maximum atomic E-state index is 5.92. The van der Waals surface area contributed by atoms with Crippen molar-refractivity contribution in [1.29, 1.82) is 0 Å². The van der Waals surface area contributed by atoms with Crippen molar-refractivity contribution >= 4 is 38.7 Å². The number of aryl methyl sites for hydroxylation is 1. The van der Waals surface area contributed by atoms with Gasteiger partial charge < -0.3 is 4.57 Å². The highest BCUT2D eigenvalue weighted by Gasteiger charge is 2.27. The van der Waals surface area contributed by atoms with Crippen LogP contribution < -0.4 is 0 Å². The van der Waals surface area contributed by atoms with E-state index in [2.05, 4.69) is 46.3 Å². The Morgan fingerprint density at radius 1 is 1.37 bits per heavy atom. The molecule has 0 aliphatic heterocycles. The zero-order chi connectivity index (χ0) is 14.0. The molecule has 5 heteroatoms. The highest BCUT2D eigenvalue weighted by molar-refractivity contribution is 9.10. The minimum atomic E-state index is 0.0387. The van der Waals surface area contributed by atoms with Gasteiger partial charge in [0.25, 0.3) is 0 Å². The Morgan fingerprint density at radius 2 is 2.05 bits per heavy atom. The molecular weight excluding hydrogens is 326 g/mol. The SMILES string of the molecule is CCC(C)(CC)n1c(CCCl)nc2cc(Br)cnc21. The van der Waals surface area contributed by atoms with Crippen molar-refractivity contribution in [2.24, 2.45) is 0 Å². The summed E-state index contributed by atoms with van der Waals surface area (Å²) in [5.74, 6) is 1.61. The molecule has 0 amide bonds. The topological polar surface area (TPSA) is 30.7 Å². The number of nitrogens with zero attached hydrogens (tertiary/aromatic N) is 3. The van der Waals surface area contributed by atoms with Crippen LogP contribution in [0.4, 0.5) is 0 Å². The molecule has 0 saturated carbocycles. The molecule has 0 N–H and O–H groups in total. The molecule has 0 aliphatic rings. The lowest BCUT2D eigenvalue weighted by Gasteiger charge is -2.30. The van der Waals surface area contributed by atoms with E-state index in [0.29, 0.717) is 5.88 Å². The van der Waals surface area contributed by atoms with Crippen molar-refractivity contribution in [3.05, 3.63) is 22.6 Å². The van der Waals surface area contributed by atoms with E-state index in [1.165, 1.54) is 0 Å². The van der Waals surface area contributed by atoms with Crippen molar-refractivity contribution in [3.63, 3.8) is 0 Å². The van der Waals surface area contributed by atoms with Crippen molar-refractivity contribution in [1.82, 2.24) is 14.5 Å². The summed E-state index contributed by atoms with van der Waals surface area (Å²) in [6.45, 7) is 6.67. The van der Waals surface area contributed by atoms with Crippen LogP contribution in [0.5, 0.6) is 0 Å². The molecule has 0 spiro atoms. The zero-order valence-corrected chi connectivity index (χ0v) is 13.9. The lowest BCUT2D eigenvalue weighted by Crippen LogP contribution is -2.30. The average molecular weight is 345 g/mol. The number of fused-ring (bicyclic) bond motifs is 1. The number of rotatable bonds is 5. The molecule has 0 unspecified atom stereocenters. The molecule has 3 nitrogen and oxygen atoms in total. The van der Waals surface area contributed by atoms with E-state index in [0.717, 1.165) is 40.7 Å². The van der Waals surface area contributed by atoms with Crippen LogP contribution in [0.3, 0.4) is 0 Å². The summed E-state index contributed by atoms with van der Waals surface area (Å²) >= 11 is 9.37. The van der Waals surface area contributed by atoms with E-state index < -0.39 is 0 Å². The quantitative estimate of drug-likeness (QED) is 0.747. The molecule has 0 bridgehead atoms. The first-order chi connectivity index (χ1) is 9.05. The highest BCUT2D eigenvalue weighted by atomic mass is 79.9. The molecule has 0 atom stereocenters. The van der Waals surface area contributed by atoms with Gasteiger partial charge in [0.2, 0.25) is 0 Å². The van der Waals surface area contributed by atoms with Gasteiger partial charge in [-0.3, -0.25) is 0 Å². The van der Waals surface area contributed by atoms with E-state index in [1.54, 1.807) is 0 Å². The molecule has 0 fully saturated rings. The second-order valence-electron chi connectivity index (χ2n) is 5.00. The monoisotopic (exact) mass is 343 g/mol. The Bertz CT molecular complexity index is 575. The van der Waals surface area contributed by atoms with E-state index in [9.17, 15) is 0 Å². The van der Waals surface area contributed by atoms with Gasteiger partial charge in [-0.25, -0.2) is 9.97 Å². The summed E-state index contributed by atoms with van der Waals surface area (Å²) in [7, 11) is 0. The van der Waals surface area contributed by atoms with Crippen LogP contribution in [-0.2, 0) is 12.0 Å². The van der Waals surface area contributed by atoms with Gasteiger partial charge in [-0.05, 0) is 41.8 Å². The fourth-order valence-corrected chi connectivity index (χ4v) is 2.86. The Morgan fingerprint density at radius 3 is 2.63 bits per heavy atom. The molecule has 2 aromatic rings. The number of alkyl halides is 1. The van der Waals surface area contributed by atoms with Gasteiger partial charge in [0.1, 0.15) is 11.3 Å². The first-order valence-electron chi connectivity index (χ1n) is 6.65. The number of pyridine rings is 1. The lowest BCUT2D eigenvalue weighted by molar-refractivity contribution is 0.293. The summed E-state index contributed by atoms with van der Waals surface area (Å²) in [5.41, 5.74) is 1.92. The molecule has 0 aromatic carbocycles. The molecular formula is C14H19BrClN3. The van der Waals surface area contributed by atoms with Crippen LogP contribution in [0.1, 0.15) is 39.4 Å². The third-order valence-corrected chi connectivity index (χ3v) is 4.54. The minimum absolute atomic E-state index is 0.0387. The fourth-order valence-electron chi connectivity index (χ4n) is 2.37.